The molecule has 1 heterocycles. The maximum Gasteiger partial charge on any atom is 0.255 e. The number of nitrogens with one attached hydrogen (secondary N) is 2. The summed E-state index contributed by atoms with van der Waals surface area (Å²) in [5.41, 5.74) is 0.715. The fourth-order valence-electron chi connectivity index (χ4n) is 1.96. The van der Waals surface area contributed by atoms with Gasteiger partial charge in [-0.3, -0.25) is 4.79 Å². The van der Waals surface area contributed by atoms with E-state index in [0.717, 1.165) is 0 Å². The molecule has 24 heavy (non-hydrogen) atoms. The molecule has 1 amide bonds. The van der Waals surface area contributed by atoms with Crippen molar-refractivity contribution in [2.24, 2.45) is 0 Å². The van der Waals surface area contributed by atoms with Gasteiger partial charge in [-0.05, 0) is 38.1 Å². The number of anilines is 1. The average molecular weight is 349 g/mol. The first-order valence-electron chi connectivity index (χ1n) is 7.25. The quantitative estimate of drug-likeness (QED) is 0.832. The lowest BCUT2D eigenvalue weighted by Gasteiger charge is -2.11. The van der Waals surface area contributed by atoms with Crippen molar-refractivity contribution in [2.75, 3.05) is 12.4 Å². The van der Waals surface area contributed by atoms with Gasteiger partial charge in [0.25, 0.3) is 5.91 Å². The Bertz CT molecular complexity index is 817. The highest BCUT2D eigenvalue weighted by molar-refractivity contribution is 7.89. The Morgan fingerprint density at radius 1 is 1.21 bits per heavy atom. The molecule has 7 nitrogen and oxygen atoms in total. The molecule has 1 aromatic carbocycles. The van der Waals surface area contributed by atoms with Gasteiger partial charge in [0.1, 0.15) is 0 Å². The summed E-state index contributed by atoms with van der Waals surface area (Å²) in [5, 5.41) is 2.66. The average Bonchev–Trinajstić information content (AvgIpc) is 2.54. The van der Waals surface area contributed by atoms with Crippen LogP contribution in [0.5, 0.6) is 5.88 Å². The fourth-order valence-corrected chi connectivity index (χ4v) is 3.26. The molecule has 0 saturated carbocycles. The Hall–Kier alpha value is -2.45. The third-order valence-electron chi connectivity index (χ3n) is 3.00. The second-order valence-corrected chi connectivity index (χ2v) is 7.06. The van der Waals surface area contributed by atoms with Crippen molar-refractivity contribution in [3.05, 3.63) is 48.2 Å². The number of hydrogen-bond donors (Lipinski definition) is 2. The first kappa shape index (κ1) is 17.9. The molecule has 0 aliphatic heterocycles. The first-order chi connectivity index (χ1) is 11.3. The van der Waals surface area contributed by atoms with Gasteiger partial charge < -0.3 is 10.1 Å². The number of nitrogens with zero attached hydrogens (tertiary/aromatic N) is 1. The maximum absolute atomic E-state index is 12.3. The molecule has 128 valence electrons. The number of pyridine rings is 1. The molecule has 0 atom stereocenters. The summed E-state index contributed by atoms with van der Waals surface area (Å²) in [7, 11) is -2.16. The van der Waals surface area contributed by atoms with Gasteiger partial charge in [-0.25, -0.2) is 18.1 Å². The number of methoxy groups -OCH3 is 1. The predicted octanol–water partition coefficient (Wildman–Crippen LogP) is 2.03. The van der Waals surface area contributed by atoms with Crippen LogP contribution >= 0.6 is 0 Å². The van der Waals surface area contributed by atoms with Crippen LogP contribution in [0.15, 0.2) is 47.5 Å². The van der Waals surface area contributed by atoms with E-state index in [9.17, 15) is 13.2 Å². The van der Waals surface area contributed by atoms with Crippen LogP contribution < -0.4 is 14.8 Å². The van der Waals surface area contributed by atoms with Crippen molar-refractivity contribution in [3.63, 3.8) is 0 Å². The monoisotopic (exact) mass is 349 g/mol. The van der Waals surface area contributed by atoms with Crippen molar-refractivity contribution in [3.8, 4) is 5.88 Å². The smallest absolute Gasteiger partial charge is 0.255 e. The first-order valence-corrected chi connectivity index (χ1v) is 8.74. The molecule has 0 spiro atoms. The lowest BCUT2D eigenvalue weighted by atomic mass is 10.2. The normalized spacial score (nSPS) is 11.3. The largest absolute Gasteiger partial charge is 0.481 e. The van der Waals surface area contributed by atoms with Crippen LogP contribution in [0.1, 0.15) is 24.2 Å². The van der Waals surface area contributed by atoms with Gasteiger partial charge in [0.2, 0.25) is 15.9 Å². The third kappa shape index (κ3) is 4.53. The minimum absolute atomic E-state index is 0.0386. The van der Waals surface area contributed by atoms with Gasteiger partial charge in [-0.15, -0.1) is 0 Å². The highest BCUT2D eigenvalue weighted by atomic mass is 32.2. The van der Waals surface area contributed by atoms with Crippen molar-refractivity contribution >= 4 is 21.6 Å². The van der Waals surface area contributed by atoms with Crippen LogP contribution in [0.2, 0.25) is 0 Å². The number of hydrogen-bond acceptors (Lipinski definition) is 5. The van der Waals surface area contributed by atoms with E-state index < -0.39 is 15.9 Å². The molecule has 0 radical (unpaired) electrons. The zero-order chi connectivity index (χ0) is 17.7. The molecule has 2 N–H and O–H groups in total. The summed E-state index contributed by atoms with van der Waals surface area (Å²) in [6.07, 6.45) is 1.46. The molecule has 0 aliphatic rings. The molecule has 1 aromatic heterocycles. The second-order valence-electron chi connectivity index (χ2n) is 5.35. The summed E-state index contributed by atoms with van der Waals surface area (Å²) in [5.74, 6) is 0.00409. The maximum atomic E-state index is 12.3. The Morgan fingerprint density at radius 2 is 1.96 bits per heavy atom. The van der Waals surface area contributed by atoms with E-state index in [2.05, 4.69) is 15.0 Å². The van der Waals surface area contributed by atoms with E-state index in [0.29, 0.717) is 11.6 Å². The molecule has 0 aliphatic carbocycles. The molecule has 0 unspecified atom stereocenters. The number of aromatic nitrogens is 1. The number of amides is 1. The number of rotatable bonds is 6. The Labute approximate surface area is 141 Å². The highest BCUT2D eigenvalue weighted by Gasteiger charge is 2.17. The van der Waals surface area contributed by atoms with Gasteiger partial charge in [0.15, 0.2) is 0 Å². The molecule has 2 rings (SSSR count). The van der Waals surface area contributed by atoms with Crippen LogP contribution in [0, 0.1) is 0 Å². The van der Waals surface area contributed by atoms with Gasteiger partial charge in [-0.2, -0.15) is 0 Å². The summed E-state index contributed by atoms with van der Waals surface area (Å²) < 4.78 is 31.8. The number of ether oxygens (including phenoxy) is 1. The molecular weight excluding hydrogens is 330 g/mol. The molecule has 0 saturated heterocycles. The van der Waals surface area contributed by atoms with Gasteiger partial charge in [0.05, 0.1) is 23.9 Å². The standard InChI is InChI=1S/C16H19N3O4S/c1-11(2)19-24(21,22)14-6-4-5-12(9-14)16(20)18-13-7-8-15(23-3)17-10-13/h4-11,19H,1-3H3,(H,18,20). The van der Waals surface area contributed by atoms with Crippen molar-refractivity contribution in [1.82, 2.24) is 9.71 Å². The number of benzene rings is 1. The summed E-state index contributed by atoms with van der Waals surface area (Å²) in [6.45, 7) is 3.45. The number of sulfonamides is 1. The van der Waals surface area contributed by atoms with Crippen molar-refractivity contribution in [1.29, 1.82) is 0 Å². The van der Waals surface area contributed by atoms with E-state index in [1.165, 1.54) is 31.5 Å². The fraction of sp³-hybridized carbons (Fsp3) is 0.250. The number of carbonyl (C=O) groups excluding carboxylic acids is 1. The number of carbonyl (C=O) groups is 1. The summed E-state index contributed by atoms with van der Waals surface area (Å²) >= 11 is 0. The molecular formula is C16H19N3O4S. The zero-order valence-electron chi connectivity index (χ0n) is 13.6. The van der Waals surface area contributed by atoms with Gasteiger partial charge in [0, 0.05) is 17.7 Å². The predicted molar refractivity (Wildman–Crippen MR) is 90.6 cm³/mol. The van der Waals surface area contributed by atoms with E-state index >= 15 is 0 Å². The molecule has 0 fully saturated rings. The van der Waals surface area contributed by atoms with Crippen LogP contribution in [0.25, 0.3) is 0 Å². The van der Waals surface area contributed by atoms with E-state index in [1.54, 1.807) is 32.0 Å². The lowest BCUT2D eigenvalue weighted by Crippen LogP contribution is -2.30. The minimum Gasteiger partial charge on any atom is -0.481 e. The second kappa shape index (κ2) is 7.41. The summed E-state index contributed by atoms with van der Waals surface area (Å²) in [6, 6.07) is 8.86. The van der Waals surface area contributed by atoms with E-state index in [1.807, 2.05) is 0 Å². The zero-order valence-corrected chi connectivity index (χ0v) is 14.4. The van der Waals surface area contributed by atoms with Gasteiger partial charge in [-0.1, -0.05) is 6.07 Å². The van der Waals surface area contributed by atoms with Crippen LogP contribution in [0.3, 0.4) is 0 Å². The Morgan fingerprint density at radius 3 is 2.54 bits per heavy atom. The topological polar surface area (TPSA) is 97.4 Å². The van der Waals surface area contributed by atoms with E-state index in [4.69, 9.17) is 4.74 Å². The van der Waals surface area contributed by atoms with Gasteiger partial charge >= 0.3 is 0 Å². The third-order valence-corrected chi connectivity index (χ3v) is 4.66. The van der Waals surface area contributed by atoms with Crippen molar-refractivity contribution < 1.29 is 17.9 Å². The molecule has 0 bridgehead atoms. The van der Waals surface area contributed by atoms with Crippen LogP contribution in [0.4, 0.5) is 5.69 Å². The SMILES string of the molecule is COc1ccc(NC(=O)c2cccc(S(=O)(=O)NC(C)C)c2)cn1. The highest BCUT2D eigenvalue weighted by Crippen LogP contribution is 2.15. The summed E-state index contributed by atoms with van der Waals surface area (Å²) in [4.78, 5) is 16.3. The van der Waals surface area contributed by atoms with Crippen LogP contribution in [-0.2, 0) is 10.0 Å². The molecule has 8 heteroatoms. The Kier molecular flexibility index (Phi) is 5.53. The van der Waals surface area contributed by atoms with Crippen LogP contribution in [-0.4, -0.2) is 32.5 Å². The Balaban J connectivity index is 2.19. The lowest BCUT2D eigenvalue weighted by molar-refractivity contribution is 0.102. The van der Waals surface area contributed by atoms with Crippen molar-refractivity contribution in [2.45, 2.75) is 24.8 Å². The molecule has 2 aromatic rings. The van der Waals surface area contributed by atoms with E-state index in [-0.39, 0.29) is 16.5 Å². The minimum atomic E-state index is -3.66.